The van der Waals surface area contributed by atoms with Crippen LogP contribution in [0.3, 0.4) is 0 Å². The Morgan fingerprint density at radius 2 is 2.04 bits per heavy atom. The lowest BCUT2D eigenvalue weighted by molar-refractivity contribution is -0.141. The van der Waals surface area contributed by atoms with Crippen LogP contribution in [0.1, 0.15) is 29.5 Å². The first-order valence-electron chi connectivity index (χ1n) is 8.55. The monoisotopic (exact) mass is 412 g/mol. The Labute approximate surface area is 161 Å². The molecule has 1 aliphatic rings. The maximum atomic E-state index is 12.1. The third-order valence-corrected chi connectivity index (χ3v) is 7.42. The zero-order valence-electron chi connectivity index (χ0n) is 14.8. The molecule has 7 nitrogen and oxygen atoms in total. The zero-order chi connectivity index (χ0) is 19.4. The fraction of sp³-hybridized carbons (Fsp3) is 0.444. The molecule has 3 rings (SSSR count). The highest BCUT2D eigenvalue weighted by molar-refractivity contribution is 8.02. The summed E-state index contributed by atoms with van der Waals surface area (Å²) in [7, 11) is -2.97. The van der Waals surface area contributed by atoms with Crippen molar-refractivity contribution >= 4 is 44.5 Å². The first-order chi connectivity index (χ1) is 12.9. The van der Waals surface area contributed by atoms with E-state index in [4.69, 9.17) is 13.9 Å². The molecular formula is C18H20O7S2. The second-order valence-corrected chi connectivity index (χ2v) is 9.64. The normalized spacial score (nSPS) is 18.5. The van der Waals surface area contributed by atoms with Crippen molar-refractivity contribution in [3.05, 3.63) is 35.6 Å². The zero-order valence-corrected chi connectivity index (χ0v) is 16.4. The first kappa shape index (κ1) is 19.8. The minimum absolute atomic E-state index is 0.0281. The van der Waals surface area contributed by atoms with Gasteiger partial charge in [0, 0.05) is 10.6 Å². The number of para-hydroxylation sites is 1. The molecule has 0 aliphatic carbocycles. The third-order valence-electron chi connectivity index (χ3n) is 4.16. The molecule has 27 heavy (non-hydrogen) atoms. The quantitative estimate of drug-likeness (QED) is 0.640. The predicted octanol–water partition coefficient (Wildman–Crippen LogP) is 2.57. The summed E-state index contributed by atoms with van der Waals surface area (Å²) in [4.78, 5) is 24.2. The van der Waals surface area contributed by atoms with Gasteiger partial charge in [0.25, 0.3) is 0 Å². The first-order valence-corrected chi connectivity index (χ1v) is 11.4. The van der Waals surface area contributed by atoms with Crippen LogP contribution in [-0.4, -0.2) is 49.5 Å². The van der Waals surface area contributed by atoms with E-state index in [1.54, 1.807) is 31.2 Å². The molecule has 1 saturated heterocycles. The van der Waals surface area contributed by atoms with Crippen LogP contribution in [0, 0.1) is 0 Å². The van der Waals surface area contributed by atoms with Crippen LogP contribution < -0.4 is 0 Å². The Morgan fingerprint density at radius 1 is 1.26 bits per heavy atom. The van der Waals surface area contributed by atoms with Crippen LogP contribution in [-0.2, 0) is 30.7 Å². The van der Waals surface area contributed by atoms with Gasteiger partial charge in [-0.1, -0.05) is 18.2 Å². The predicted molar refractivity (Wildman–Crippen MR) is 101 cm³/mol. The molecule has 1 aromatic carbocycles. The molecule has 2 heterocycles. The van der Waals surface area contributed by atoms with E-state index in [1.165, 1.54) is 11.8 Å². The topological polar surface area (TPSA) is 99.9 Å². The lowest BCUT2D eigenvalue weighted by atomic mass is 10.1. The fourth-order valence-corrected chi connectivity index (χ4v) is 6.32. The minimum atomic E-state index is -2.97. The van der Waals surface area contributed by atoms with E-state index in [2.05, 4.69) is 0 Å². The van der Waals surface area contributed by atoms with Crippen LogP contribution in [0.15, 0.2) is 28.7 Å². The number of benzene rings is 1. The second-order valence-electron chi connectivity index (χ2n) is 6.12. The summed E-state index contributed by atoms with van der Waals surface area (Å²) >= 11 is 1.29. The van der Waals surface area contributed by atoms with Gasteiger partial charge in [-0.3, -0.25) is 4.79 Å². The summed E-state index contributed by atoms with van der Waals surface area (Å²) in [5, 5.41) is 0.607. The number of thioether (sulfide) groups is 1. The summed E-state index contributed by atoms with van der Waals surface area (Å²) in [5.41, 5.74) is 0.975. The van der Waals surface area contributed by atoms with Gasteiger partial charge in [0.05, 0.1) is 29.4 Å². The fourth-order valence-electron chi connectivity index (χ4n) is 2.88. The van der Waals surface area contributed by atoms with Crippen molar-refractivity contribution in [3.63, 3.8) is 0 Å². The van der Waals surface area contributed by atoms with Crippen molar-refractivity contribution < 1.29 is 31.9 Å². The second kappa shape index (κ2) is 8.35. The summed E-state index contributed by atoms with van der Waals surface area (Å²) < 4.78 is 38.8. The molecule has 1 aliphatic heterocycles. The molecule has 0 saturated carbocycles. The Morgan fingerprint density at radius 3 is 2.74 bits per heavy atom. The molecular weight excluding hydrogens is 392 g/mol. The number of hydrogen-bond acceptors (Lipinski definition) is 8. The number of rotatable bonds is 7. The van der Waals surface area contributed by atoms with E-state index in [-0.39, 0.29) is 41.5 Å². The van der Waals surface area contributed by atoms with Crippen molar-refractivity contribution in [1.29, 1.82) is 0 Å². The molecule has 1 fully saturated rings. The Bertz CT molecular complexity index is 946. The Balaban J connectivity index is 1.64. The van der Waals surface area contributed by atoms with Gasteiger partial charge in [0.15, 0.2) is 9.84 Å². The number of ether oxygens (including phenoxy) is 2. The van der Waals surface area contributed by atoms with E-state index in [0.29, 0.717) is 23.0 Å². The third kappa shape index (κ3) is 4.84. The van der Waals surface area contributed by atoms with Crippen molar-refractivity contribution in [2.24, 2.45) is 0 Å². The van der Waals surface area contributed by atoms with Gasteiger partial charge in [-0.25, -0.2) is 13.2 Å². The smallest absolute Gasteiger partial charge is 0.374 e. The summed E-state index contributed by atoms with van der Waals surface area (Å²) in [6.45, 7) is 1.78. The SMILES string of the molecule is CCOC(=O)c1oc2ccccc2c1COC(=O)CS[C@H]1CCS(=O)(=O)C1. The van der Waals surface area contributed by atoms with Crippen molar-refractivity contribution in [2.75, 3.05) is 23.9 Å². The van der Waals surface area contributed by atoms with E-state index < -0.39 is 21.8 Å². The van der Waals surface area contributed by atoms with Gasteiger partial charge >= 0.3 is 11.9 Å². The number of fused-ring (bicyclic) bond motifs is 1. The van der Waals surface area contributed by atoms with E-state index >= 15 is 0 Å². The molecule has 1 aromatic heterocycles. The van der Waals surface area contributed by atoms with Gasteiger partial charge in [0.2, 0.25) is 5.76 Å². The van der Waals surface area contributed by atoms with Crippen LogP contribution in [0.5, 0.6) is 0 Å². The highest BCUT2D eigenvalue weighted by Crippen LogP contribution is 2.28. The van der Waals surface area contributed by atoms with E-state index in [1.807, 2.05) is 0 Å². The number of esters is 2. The van der Waals surface area contributed by atoms with Gasteiger partial charge in [-0.15, -0.1) is 11.8 Å². The lowest BCUT2D eigenvalue weighted by Gasteiger charge is -2.08. The lowest BCUT2D eigenvalue weighted by Crippen LogP contribution is -2.14. The van der Waals surface area contributed by atoms with Crippen LogP contribution >= 0.6 is 11.8 Å². The minimum Gasteiger partial charge on any atom is -0.460 e. The molecule has 2 aromatic rings. The number of furan rings is 1. The molecule has 0 radical (unpaired) electrons. The summed E-state index contributed by atoms with van der Waals surface area (Å²) in [6, 6.07) is 7.08. The summed E-state index contributed by atoms with van der Waals surface area (Å²) in [5.74, 6) is -0.714. The summed E-state index contributed by atoms with van der Waals surface area (Å²) in [6.07, 6.45) is 0.555. The van der Waals surface area contributed by atoms with Crippen LogP contribution in [0.4, 0.5) is 0 Å². The largest absolute Gasteiger partial charge is 0.460 e. The highest BCUT2D eigenvalue weighted by atomic mass is 32.2. The number of hydrogen-bond donors (Lipinski definition) is 0. The average molecular weight is 412 g/mol. The molecule has 0 bridgehead atoms. The van der Waals surface area contributed by atoms with Crippen molar-refractivity contribution in [1.82, 2.24) is 0 Å². The van der Waals surface area contributed by atoms with E-state index in [0.717, 1.165) is 0 Å². The van der Waals surface area contributed by atoms with Crippen molar-refractivity contribution in [3.8, 4) is 0 Å². The molecule has 9 heteroatoms. The Hall–Kier alpha value is -2.00. The standard InChI is InChI=1S/C18H20O7S2/c1-2-23-18(20)17-14(13-5-3-4-6-15(13)25-17)9-24-16(19)10-26-12-7-8-27(21,22)11-12/h3-6,12H,2,7-11H2,1H3/t12-/m0/s1. The molecule has 0 spiro atoms. The molecule has 1 atom stereocenters. The average Bonchev–Trinajstić information content (AvgIpc) is 3.18. The number of carbonyl (C=O) groups is 2. The number of sulfone groups is 1. The molecule has 146 valence electrons. The molecule has 0 N–H and O–H groups in total. The van der Waals surface area contributed by atoms with E-state index in [9.17, 15) is 18.0 Å². The maximum Gasteiger partial charge on any atom is 0.374 e. The number of carbonyl (C=O) groups excluding carboxylic acids is 2. The maximum absolute atomic E-state index is 12.1. The van der Waals surface area contributed by atoms with Gasteiger partial charge in [0.1, 0.15) is 12.2 Å². The van der Waals surface area contributed by atoms with Crippen molar-refractivity contribution in [2.45, 2.75) is 25.2 Å². The molecule has 0 amide bonds. The van der Waals surface area contributed by atoms with Gasteiger partial charge < -0.3 is 13.9 Å². The highest BCUT2D eigenvalue weighted by Gasteiger charge is 2.29. The van der Waals surface area contributed by atoms with Gasteiger partial charge in [-0.05, 0) is 19.4 Å². The Kier molecular flexibility index (Phi) is 6.11. The van der Waals surface area contributed by atoms with Crippen LogP contribution in [0.25, 0.3) is 11.0 Å². The van der Waals surface area contributed by atoms with Gasteiger partial charge in [-0.2, -0.15) is 0 Å². The van der Waals surface area contributed by atoms with Crippen LogP contribution in [0.2, 0.25) is 0 Å². The molecule has 0 unspecified atom stereocenters.